The molecule has 23 heavy (non-hydrogen) atoms. The molecule has 0 aliphatic carbocycles. The number of nitrogens with zero attached hydrogens (tertiary/aromatic N) is 1. The fourth-order valence-electron chi connectivity index (χ4n) is 2.11. The summed E-state index contributed by atoms with van der Waals surface area (Å²) in [5, 5.41) is 3.79. The molecule has 0 unspecified atom stereocenters. The monoisotopic (exact) mass is 325 g/mol. The minimum Gasteiger partial charge on any atom is -0.347 e. The van der Waals surface area contributed by atoms with Gasteiger partial charge in [-0.05, 0) is 13.0 Å². The van der Waals surface area contributed by atoms with Crippen LogP contribution in [-0.4, -0.2) is 15.9 Å². The maximum atomic E-state index is 12.1. The molecule has 0 radical (unpaired) electrons. The van der Waals surface area contributed by atoms with Crippen molar-refractivity contribution in [2.45, 2.75) is 13.5 Å². The van der Waals surface area contributed by atoms with Crippen LogP contribution in [0, 0.1) is 6.92 Å². The maximum Gasteiger partial charge on any atom is 0.253 e. The highest BCUT2D eigenvalue weighted by Crippen LogP contribution is 2.27. The Morgan fingerprint density at radius 1 is 1.22 bits per heavy atom. The Balaban J connectivity index is 1.71. The first-order valence-electron chi connectivity index (χ1n) is 7.12. The summed E-state index contributed by atoms with van der Waals surface area (Å²) in [5.74, 6) is -0.227. The van der Waals surface area contributed by atoms with Gasteiger partial charge in [0.25, 0.3) is 5.91 Å². The van der Waals surface area contributed by atoms with Gasteiger partial charge in [0.2, 0.25) is 5.56 Å². The van der Waals surface area contributed by atoms with Crippen LogP contribution in [0.15, 0.2) is 53.5 Å². The fraction of sp³-hybridized carbons (Fsp3) is 0.118. The molecule has 1 aromatic carbocycles. The molecule has 116 valence electrons. The van der Waals surface area contributed by atoms with Crippen molar-refractivity contribution in [1.82, 2.24) is 15.3 Å². The number of carbonyl (C=O) groups excluding carboxylic acids is 1. The molecule has 6 heteroatoms. The normalized spacial score (nSPS) is 10.5. The lowest BCUT2D eigenvalue weighted by Crippen LogP contribution is -2.23. The SMILES string of the molecule is Cc1nc(-c2ccccc2)sc1CNC(=O)c1ccc(=O)[nH]c1. The number of rotatable bonds is 4. The lowest BCUT2D eigenvalue weighted by Gasteiger charge is -2.03. The van der Waals surface area contributed by atoms with Crippen LogP contribution in [0.4, 0.5) is 0 Å². The number of pyridine rings is 1. The van der Waals surface area contributed by atoms with Crippen molar-refractivity contribution in [3.63, 3.8) is 0 Å². The largest absolute Gasteiger partial charge is 0.347 e. The average Bonchev–Trinajstić information content (AvgIpc) is 2.95. The van der Waals surface area contributed by atoms with Crippen molar-refractivity contribution >= 4 is 17.2 Å². The lowest BCUT2D eigenvalue weighted by molar-refractivity contribution is 0.0951. The Morgan fingerprint density at radius 2 is 2.00 bits per heavy atom. The van der Waals surface area contributed by atoms with Gasteiger partial charge in [0.15, 0.2) is 0 Å². The molecule has 0 bridgehead atoms. The van der Waals surface area contributed by atoms with Crippen LogP contribution in [0.2, 0.25) is 0 Å². The van der Waals surface area contributed by atoms with Crippen molar-refractivity contribution in [2.75, 3.05) is 0 Å². The molecule has 0 saturated heterocycles. The van der Waals surface area contributed by atoms with Gasteiger partial charge >= 0.3 is 0 Å². The van der Waals surface area contributed by atoms with E-state index in [0.29, 0.717) is 12.1 Å². The Hall–Kier alpha value is -2.73. The van der Waals surface area contributed by atoms with Gasteiger partial charge < -0.3 is 10.3 Å². The zero-order chi connectivity index (χ0) is 16.2. The standard InChI is InChI=1S/C17H15N3O2S/c1-11-14(23-17(20-11)12-5-3-2-4-6-12)10-19-16(22)13-7-8-15(21)18-9-13/h2-9H,10H2,1H3,(H,18,21)(H,19,22). The number of benzene rings is 1. The summed E-state index contributed by atoms with van der Waals surface area (Å²) < 4.78 is 0. The van der Waals surface area contributed by atoms with Crippen molar-refractivity contribution < 1.29 is 4.79 Å². The molecule has 3 aromatic rings. The van der Waals surface area contributed by atoms with Gasteiger partial charge in [-0.1, -0.05) is 30.3 Å². The first-order valence-corrected chi connectivity index (χ1v) is 7.94. The van der Waals surface area contributed by atoms with Crippen molar-refractivity contribution in [3.05, 3.63) is 75.1 Å². The highest BCUT2D eigenvalue weighted by atomic mass is 32.1. The molecule has 0 aliphatic rings. The molecule has 0 saturated carbocycles. The van der Waals surface area contributed by atoms with E-state index in [9.17, 15) is 9.59 Å². The van der Waals surface area contributed by atoms with Crippen LogP contribution in [0.3, 0.4) is 0 Å². The van der Waals surface area contributed by atoms with Gasteiger partial charge in [-0.3, -0.25) is 9.59 Å². The van der Waals surface area contributed by atoms with Crippen molar-refractivity contribution in [3.8, 4) is 10.6 Å². The smallest absolute Gasteiger partial charge is 0.253 e. The van der Waals surface area contributed by atoms with Crippen LogP contribution in [0.5, 0.6) is 0 Å². The van der Waals surface area contributed by atoms with E-state index >= 15 is 0 Å². The van der Waals surface area contributed by atoms with Gasteiger partial charge in [0, 0.05) is 22.7 Å². The Kier molecular flexibility index (Phi) is 4.34. The lowest BCUT2D eigenvalue weighted by atomic mass is 10.2. The number of aromatic nitrogens is 2. The summed E-state index contributed by atoms with van der Waals surface area (Å²) in [6.45, 7) is 2.35. The van der Waals surface area contributed by atoms with E-state index in [-0.39, 0.29) is 11.5 Å². The van der Waals surface area contributed by atoms with Gasteiger partial charge in [-0.15, -0.1) is 11.3 Å². The molecule has 5 nitrogen and oxygen atoms in total. The number of hydrogen-bond donors (Lipinski definition) is 2. The Bertz CT molecular complexity index is 864. The molecule has 0 spiro atoms. The van der Waals surface area contributed by atoms with Gasteiger partial charge in [0.05, 0.1) is 17.8 Å². The van der Waals surface area contributed by atoms with Crippen LogP contribution in [0.1, 0.15) is 20.9 Å². The minimum atomic E-state index is -0.229. The van der Waals surface area contributed by atoms with Crippen LogP contribution >= 0.6 is 11.3 Å². The van der Waals surface area contributed by atoms with Gasteiger partial charge in [-0.25, -0.2) is 4.98 Å². The van der Waals surface area contributed by atoms with Crippen LogP contribution in [-0.2, 0) is 6.54 Å². The predicted octanol–water partition coefficient (Wildman–Crippen LogP) is 2.74. The summed E-state index contributed by atoms with van der Waals surface area (Å²) in [6, 6.07) is 12.8. The number of carbonyl (C=O) groups is 1. The second-order valence-corrected chi connectivity index (χ2v) is 6.10. The summed E-state index contributed by atoms with van der Waals surface area (Å²) in [7, 11) is 0. The van der Waals surface area contributed by atoms with Crippen LogP contribution in [0.25, 0.3) is 10.6 Å². The second kappa shape index (κ2) is 6.58. The number of H-pyrrole nitrogens is 1. The second-order valence-electron chi connectivity index (χ2n) is 5.02. The van der Waals surface area contributed by atoms with Gasteiger partial charge in [0.1, 0.15) is 5.01 Å². The van der Waals surface area contributed by atoms with Crippen molar-refractivity contribution in [2.24, 2.45) is 0 Å². The number of hydrogen-bond acceptors (Lipinski definition) is 4. The molecule has 3 rings (SSSR count). The zero-order valence-electron chi connectivity index (χ0n) is 12.5. The van der Waals surface area contributed by atoms with E-state index in [0.717, 1.165) is 21.1 Å². The molecule has 2 N–H and O–H groups in total. The molecule has 2 aromatic heterocycles. The zero-order valence-corrected chi connectivity index (χ0v) is 13.3. The molecule has 1 amide bonds. The van der Waals surface area contributed by atoms with Crippen molar-refractivity contribution in [1.29, 1.82) is 0 Å². The number of nitrogens with one attached hydrogen (secondary N) is 2. The summed E-state index contributed by atoms with van der Waals surface area (Å²) in [4.78, 5) is 31.1. The highest BCUT2D eigenvalue weighted by molar-refractivity contribution is 7.15. The highest BCUT2D eigenvalue weighted by Gasteiger charge is 2.11. The first-order chi connectivity index (χ1) is 11.1. The van der Waals surface area contributed by atoms with E-state index in [4.69, 9.17) is 0 Å². The average molecular weight is 325 g/mol. The molecule has 0 aliphatic heterocycles. The number of aryl methyl sites for hydroxylation is 1. The quantitative estimate of drug-likeness (QED) is 0.774. The summed E-state index contributed by atoms with van der Waals surface area (Å²) in [5.41, 5.74) is 2.18. The van der Waals surface area contributed by atoms with E-state index in [1.54, 1.807) is 11.3 Å². The Morgan fingerprint density at radius 3 is 2.70 bits per heavy atom. The van der Waals surface area contributed by atoms with Crippen LogP contribution < -0.4 is 10.9 Å². The maximum absolute atomic E-state index is 12.1. The molecule has 2 heterocycles. The number of amides is 1. The third-order valence-electron chi connectivity index (χ3n) is 3.37. The summed E-state index contributed by atoms with van der Waals surface area (Å²) >= 11 is 1.57. The van der Waals surface area contributed by atoms with Gasteiger partial charge in [-0.2, -0.15) is 0 Å². The van der Waals surface area contributed by atoms with E-state index in [2.05, 4.69) is 15.3 Å². The number of aromatic amines is 1. The predicted molar refractivity (Wildman–Crippen MR) is 90.5 cm³/mol. The minimum absolute atomic E-state index is 0.227. The fourth-order valence-corrected chi connectivity index (χ4v) is 3.12. The summed E-state index contributed by atoms with van der Waals surface area (Å²) in [6.07, 6.45) is 1.41. The molecular formula is C17H15N3O2S. The molecule has 0 fully saturated rings. The topological polar surface area (TPSA) is 74.8 Å². The van der Waals surface area contributed by atoms with E-state index in [1.165, 1.54) is 18.3 Å². The van der Waals surface area contributed by atoms with E-state index in [1.807, 2.05) is 37.3 Å². The third kappa shape index (κ3) is 3.54. The first kappa shape index (κ1) is 15.2. The molecule has 0 atom stereocenters. The third-order valence-corrected chi connectivity index (χ3v) is 4.58. The molecular weight excluding hydrogens is 310 g/mol. The van der Waals surface area contributed by atoms with E-state index < -0.39 is 0 Å². The number of thiazole rings is 1. The Labute approximate surface area is 137 Å².